The second kappa shape index (κ2) is 10.2. The molecule has 7 aromatic rings. The standard InChI is InChI=1S/C42H28B4N2O/c1-40(2,3)42-22-21-41(25-16-8-10-18-27(25)42,26-17-9-11-19-28(26)42)39-47-37(31-24-15-7-12-20-29(24)49-38(31)48-39)32-35(45)33(43)30(34(44)36(32)46)23-13-5-4-6-14-23/h4-22H,1-3H3. The molecular formula is C42H28B4N2O. The van der Waals surface area contributed by atoms with Gasteiger partial charge in [-0.3, -0.25) is 0 Å². The summed E-state index contributed by atoms with van der Waals surface area (Å²) in [5.74, 6) is 0.551. The molecule has 0 spiro atoms. The summed E-state index contributed by atoms with van der Waals surface area (Å²) in [5.41, 5.74) is 8.24. The minimum Gasteiger partial charge on any atom is -0.438 e. The van der Waals surface area contributed by atoms with E-state index in [2.05, 4.69) is 81.5 Å². The van der Waals surface area contributed by atoms with Crippen LogP contribution < -0.4 is 21.9 Å². The zero-order valence-electron chi connectivity index (χ0n) is 27.6. The Morgan fingerprint density at radius 1 is 0.571 bits per heavy atom. The Morgan fingerprint density at radius 2 is 1.10 bits per heavy atom. The summed E-state index contributed by atoms with van der Waals surface area (Å²) < 4.78 is 6.51. The van der Waals surface area contributed by atoms with E-state index < -0.39 is 5.41 Å². The lowest BCUT2D eigenvalue weighted by atomic mass is 9.46. The van der Waals surface area contributed by atoms with E-state index in [1.165, 1.54) is 11.1 Å². The van der Waals surface area contributed by atoms with E-state index in [9.17, 15) is 0 Å². The number of hydrogen-bond donors (Lipinski definition) is 0. The van der Waals surface area contributed by atoms with Gasteiger partial charge in [0.15, 0.2) is 5.82 Å². The summed E-state index contributed by atoms with van der Waals surface area (Å²) in [6.07, 6.45) is 4.64. The number of aromatic nitrogens is 2. The lowest BCUT2D eigenvalue weighted by Gasteiger charge is -2.56. The van der Waals surface area contributed by atoms with Gasteiger partial charge in [-0.25, -0.2) is 4.98 Å². The van der Waals surface area contributed by atoms with Gasteiger partial charge in [-0.05, 0) is 50.4 Å². The Morgan fingerprint density at radius 3 is 1.71 bits per heavy atom. The molecule has 0 amide bonds. The first-order chi connectivity index (χ1) is 23.6. The van der Waals surface area contributed by atoms with Crippen LogP contribution in [-0.4, -0.2) is 41.4 Å². The molecule has 3 aliphatic carbocycles. The third-order valence-corrected chi connectivity index (χ3v) is 10.9. The van der Waals surface area contributed by atoms with E-state index in [-0.39, 0.29) is 10.8 Å². The van der Waals surface area contributed by atoms with E-state index in [0.717, 1.165) is 22.1 Å². The first kappa shape index (κ1) is 30.1. The van der Waals surface area contributed by atoms with Crippen molar-refractivity contribution in [3.63, 3.8) is 0 Å². The molecule has 5 aromatic carbocycles. The summed E-state index contributed by atoms with van der Waals surface area (Å²) in [7, 11) is 27.6. The van der Waals surface area contributed by atoms with Gasteiger partial charge < -0.3 is 4.42 Å². The van der Waals surface area contributed by atoms with Crippen LogP contribution in [0.15, 0.2) is 120 Å². The highest BCUT2D eigenvalue weighted by molar-refractivity contribution is 6.62. The summed E-state index contributed by atoms with van der Waals surface area (Å²) in [5, 5.41) is 1.54. The highest BCUT2D eigenvalue weighted by Gasteiger charge is 2.58. The summed E-state index contributed by atoms with van der Waals surface area (Å²) in [6, 6.07) is 34.8. The first-order valence-corrected chi connectivity index (χ1v) is 16.5. The van der Waals surface area contributed by atoms with Crippen molar-refractivity contribution < 1.29 is 4.42 Å². The van der Waals surface area contributed by atoms with Crippen molar-refractivity contribution in [2.24, 2.45) is 5.41 Å². The number of furan rings is 1. The highest BCUT2D eigenvalue weighted by atomic mass is 16.3. The van der Waals surface area contributed by atoms with Crippen LogP contribution >= 0.6 is 0 Å². The molecule has 0 saturated heterocycles. The number of benzene rings is 5. The zero-order valence-corrected chi connectivity index (χ0v) is 27.6. The summed E-state index contributed by atoms with van der Waals surface area (Å²) in [4.78, 5) is 10.7. The normalized spacial score (nSPS) is 19.3. The number of allylic oxidation sites excluding steroid dienone is 2. The predicted octanol–water partition coefficient (Wildman–Crippen LogP) is 5.44. The van der Waals surface area contributed by atoms with Gasteiger partial charge in [-0.2, -0.15) is 4.98 Å². The molecule has 10 rings (SSSR count). The minimum atomic E-state index is -0.827. The minimum absolute atomic E-state index is 0.130. The molecule has 3 aliphatic rings. The number of hydrogen-bond acceptors (Lipinski definition) is 3. The average molecular weight is 620 g/mol. The fourth-order valence-corrected chi connectivity index (χ4v) is 8.59. The fourth-order valence-electron chi connectivity index (χ4n) is 8.59. The molecule has 3 nitrogen and oxygen atoms in total. The van der Waals surface area contributed by atoms with Gasteiger partial charge in [-0.15, -0.1) is 0 Å². The maximum absolute atomic E-state index is 6.98. The molecule has 2 aromatic heterocycles. The van der Waals surface area contributed by atoms with Crippen molar-refractivity contribution >= 4 is 75.3 Å². The van der Waals surface area contributed by atoms with Crippen molar-refractivity contribution in [1.29, 1.82) is 0 Å². The van der Waals surface area contributed by atoms with Crippen LogP contribution in [0.4, 0.5) is 0 Å². The molecule has 0 aliphatic heterocycles. The number of fused-ring (bicyclic) bond motifs is 3. The van der Waals surface area contributed by atoms with Gasteiger partial charge in [0.2, 0.25) is 5.71 Å². The van der Waals surface area contributed by atoms with Crippen molar-refractivity contribution in [1.82, 2.24) is 9.97 Å². The van der Waals surface area contributed by atoms with Gasteiger partial charge in [0.1, 0.15) is 37.0 Å². The third-order valence-electron chi connectivity index (χ3n) is 10.9. The number of nitrogens with zero attached hydrogens (tertiary/aromatic N) is 2. The lowest BCUT2D eigenvalue weighted by molar-refractivity contribution is 0.261. The molecule has 0 atom stereocenters. The van der Waals surface area contributed by atoms with Crippen molar-refractivity contribution in [3.05, 3.63) is 143 Å². The number of para-hydroxylation sites is 1. The van der Waals surface area contributed by atoms with Crippen LogP contribution in [0.2, 0.25) is 0 Å². The molecule has 2 heterocycles. The largest absolute Gasteiger partial charge is 0.438 e. The molecule has 0 saturated carbocycles. The summed E-state index contributed by atoms with van der Waals surface area (Å²) >= 11 is 0. The Balaban J connectivity index is 1.42. The first-order valence-electron chi connectivity index (χ1n) is 16.5. The Bertz CT molecular complexity index is 2470. The van der Waals surface area contributed by atoms with Gasteiger partial charge in [0.05, 0.1) is 16.5 Å². The molecular weight excluding hydrogens is 592 g/mol. The molecule has 0 fully saturated rings. The maximum atomic E-state index is 6.98. The molecule has 7 heteroatoms. The van der Waals surface area contributed by atoms with E-state index in [1.807, 2.05) is 54.6 Å². The van der Waals surface area contributed by atoms with Crippen molar-refractivity contribution in [2.45, 2.75) is 31.6 Å². The second-order valence-corrected chi connectivity index (χ2v) is 14.2. The molecule has 224 valence electrons. The highest BCUT2D eigenvalue weighted by Crippen LogP contribution is 2.63. The molecule has 49 heavy (non-hydrogen) atoms. The van der Waals surface area contributed by atoms with E-state index >= 15 is 0 Å². The van der Waals surface area contributed by atoms with Crippen LogP contribution in [0.1, 0.15) is 48.8 Å². The molecule has 0 N–H and O–H groups in total. The smallest absolute Gasteiger partial charge is 0.231 e. The van der Waals surface area contributed by atoms with E-state index in [4.69, 9.17) is 45.8 Å². The fraction of sp³-hybridized carbons (Fsp3) is 0.143. The Labute approximate surface area is 291 Å². The zero-order chi connectivity index (χ0) is 33.9. The van der Waals surface area contributed by atoms with Gasteiger partial charge in [-0.1, -0.05) is 152 Å². The monoisotopic (exact) mass is 620 g/mol. The van der Waals surface area contributed by atoms with Crippen molar-refractivity contribution in [3.8, 4) is 22.4 Å². The average Bonchev–Trinajstić information content (AvgIpc) is 3.50. The molecule has 8 radical (unpaired) electrons. The quantitative estimate of drug-likeness (QED) is 0.196. The lowest BCUT2D eigenvalue weighted by Crippen LogP contribution is -2.52. The van der Waals surface area contributed by atoms with Crippen molar-refractivity contribution in [2.75, 3.05) is 0 Å². The van der Waals surface area contributed by atoms with E-state index in [0.29, 0.717) is 61.2 Å². The summed E-state index contributed by atoms with van der Waals surface area (Å²) in [6.45, 7) is 6.91. The van der Waals surface area contributed by atoms with Crippen LogP contribution in [0.5, 0.6) is 0 Å². The Kier molecular flexibility index (Phi) is 6.29. The maximum Gasteiger partial charge on any atom is 0.231 e. The van der Waals surface area contributed by atoms with Crippen LogP contribution in [0, 0.1) is 5.41 Å². The molecule has 0 unspecified atom stereocenters. The van der Waals surface area contributed by atoms with Crippen LogP contribution in [0.25, 0.3) is 44.5 Å². The molecule has 2 bridgehead atoms. The second-order valence-electron chi connectivity index (χ2n) is 14.2. The predicted molar refractivity (Wildman–Crippen MR) is 204 cm³/mol. The van der Waals surface area contributed by atoms with Gasteiger partial charge in [0.25, 0.3) is 0 Å². The van der Waals surface area contributed by atoms with Crippen LogP contribution in [-0.2, 0) is 10.8 Å². The van der Waals surface area contributed by atoms with Crippen LogP contribution in [0.3, 0.4) is 0 Å². The topological polar surface area (TPSA) is 38.9 Å². The third kappa shape index (κ3) is 3.79. The van der Waals surface area contributed by atoms with Gasteiger partial charge in [0, 0.05) is 10.8 Å². The SMILES string of the molecule is [B]c1c([B])c(-c2nc(C34C=CC(C(C)(C)C)(c5ccccc53)c3ccccc34)nc3oc4ccccc4c23)c([B])c([B])c1-c1ccccc1. The van der Waals surface area contributed by atoms with Gasteiger partial charge >= 0.3 is 0 Å². The Hall–Kier alpha value is -5.02. The van der Waals surface area contributed by atoms with E-state index in [1.54, 1.807) is 0 Å². The number of rotatable bonds is 3.